The molecule has 0 amide bonds. The Kier molecular flexibility index (Phi) is 6.30. The highest BCUT2D eigenvalue weighted by molar-refractivity contribution is 5.47. The van der Waals surface area contributed by atoms with Gasteiger partial charge in [0.1, 0.15) is 36.6 Å². The zero-order valence-electron chi connectivity index (χ0n) is 15.0. The van der Waals surface area contributed by atoms with E-state index in [4.69, 9.17) is 9.47 Å². The smallest absolute Gasteiger partial charge is 0.146 e. The molecule has 0 aliphatic carbocycles. The lowest BCUT2D eigenvalue weighted by atomic mass is 10.2. The van der Waals surface area contributed by atoms with E-state index in [0.717, 1.165) is 31.9 Å². The summed E-state index contributed by atoms with van der Waals surface area (Å²) < 4.78 is 24.6. The Balaban J connectivity index is 1.41. The van der Waals surface area contributed by atoms with Crippen molar-refractivity contribution >= 4 is 5.69 Å². The summed E-state index contributed by atoms with van der Waals surface area (Å²) in [6.45, 7) is 4.18. The molecule has 5 nitrogen and oxygen atoms in total. The number of hydrogen-bond acceptors (Lipinski definition) is 4. The van der Waals surface area contributed by atoms with Crippen molar-refractivity contribution in [1.29, 1.82) is 0 Å². The Morgan fingerprint density at radius 2 is 1.73 bits per heavy atom. The van der Waals surface area contributed by atoms with E-state index in [2.05, 4.69) is 4.90 Å². The fraction of sp³-hybridized carbons (Fsp3) is 0.400. The summed E-state index contributed by atoms with van der Waals surface area (Å²) >= 11 is 0. The number of para-hydroxylation sites is 1. The number of piperazine rings is 1. The first-order chi connectivity index (χ1) is 12.7. The normalized spacial score (nSPS) is 16.3. The Morgan fingerprint density at radius 1 is 1.08 bits per heavy atom. The lowest BCUT2D eigenvalue weighted by Crippen LogP contribution is -3.16. The Labute approximate surface area is 153 Å². The summed E-state index contributed by atoms with van der Waals surface area (Å²) in [5, 5.41) is 10.2. The van der Waals surface area contributed by atoms with Crippen molar-refractivity contribution in [1.82, 2.24) is 0 Å². The molecule has 1 aliphatic rings. The third-order valence-corrected chi connectivity index (χ3v) is 4.69. The van der Waals surface area contributed by atoms with Crippen molar-refractivity contribution in [2.75, 3.05) is 51.3 Å². The zero-order valence-corrected chi connectivity index (χ0v) is 15.0. The van der Waals surface area contributed by atoms with E-state index in [0.29, 0.717) is 18.0 Å². The maximum atomic E-state index is 13.9. The van der Waals surface area contributed by atoms with Gasteiger partial charge in [-0.15, -0.1) is 0 Å². The van der Waals surface area contributed by atoms with E-state index in [1.165, 1.54) is 11.0 Å². The Hall–Kier alpha value is -2.31. The van der Waals surface area contributed by atoms with E-state index in [-0.39, 0.29) is 12.4 Å². The van der Waals surface area contributed by atoms with Gasteiger partial charge in [0.05, 0.1) is 39.0 Å². The van der Waals surface area contributed by atoms with E-state index >= 15 is 0 Å². The highest BCUT2D eigenvalue weighted by atomic mass is 19.1. The Bertz CT molecular complexity index is 688. The lowest BCUT2D eigenvalue weighted by Gasteiger charge is -2.34. The summed E-state index contributed by atoms with van der Waals surface area (Å²) in [6.07, 6.45) is -0.535. The minimum Gasteiger partial charge on any atom is -0.497 e. The van der Waals surface area contributed by atoms with Crippen LogP contribution in [0.15, 0.2) is 48.5 Å². The molecule has 1 saturated heterocycles. The van der Waals surface area contributed by atoms with Crippen molar-refractivity contribution in [3.05, 3.63) is 54.3 Å². The number of methoxy groups -OCH3 is 1. The topological polar surface area (TPSA) is 46.4 Å². The summed E-state index contributed by atoms with van der Waals surface area (Å²) in [7, 11) is 1.62. The number of nitrogens with zero attached hydrogens (tertiary/aromatic N) is 1. The third kappa shape index (κ3) is 4.86. The predicted octanol–water partition coefficient (Wildman–Crippen LogP) is 0.979. The molecule has 0 aromatic heterocycles. The van der Waals surface area contributed by atoms with Crippen LogP contribution in [0.5, 0.6) is 11.5 Å². The van der Waals surface area contributed by atoms with Gasteiger partial charge in [-0.25, -0.2) is 4.39 Å². The molecule has 0 bridgehead atoms. The number of quaternary nitrogens is 1. The second-order valence-electron chi connectivity index (χ2n) is 6.53. The van der Waals surface area contributed by atoms with Gasteiger partial charge in [-0.3, -0.25) is 0 Å². The molecule has 0 spiro atoms. The van der Waals surface area contributed by atoms with Crippen LogP contribution >= 0.6 is 0 Å². The number of hydrogen-bond donors (Lipinski definition) is 2. The molecule has 3 rings (SSSR count). The summed E-state index contributed by atoms with van der Waals surface area (Å²) in [5.41, 5.74) is 0.662. The van der Waals surface area contributed by atoms with Gasteiger partial charge in [0.25, 0.3) is 0 Å². The second-order valence-corrected chi connectivity index (χ2v) is 6.53. The minimum atomic E-state index is -0.535. The van der Waals surface area contributed by atoms with Gasteiger partial charge in [0.15, 0.2) is 0 Å². The van der Waals surface area contributed by atoms with Crippen molar-refractivity contribution in [3.8, 4) is 11.5 Å². The molecule has 1 fully saturated rings. The van der Waals surface area contributed by atoms with Crippen LogP contribution in [0, 0.1) is 5.82 Å². The molecule has 0 saturated carbocycles. The van der Waals surface area contributed by atoms with Gasteiger partial charge in [0, 0.05) is 0 Å². The second kappa shape index (κ2) is 8.87. The fourth-order valence-electron chi connectivity index (χ4n) is 3.23. The maximum absolute atomic E-state index is 13.9. The molecule has 0 radical (unpaired) electrons. The predicted molar refractivity (Wildman–Crippen MR) is 98.7 cm³/mol. The van der Waals surface area contributed by atoms with E-state index in [9.17, 15) is 9.50 Å². The number of anilines is 1. The van der Waals surface area contributed by atoms with E-state index in [1.807, 2.05) is 36.4 Å². The van der Waals surface area contributed by atoms with Crippen LogP contribution in [0.2, 0.25) is 0 Å². The van der Waals surface area contributed by atoms with Crippen LogP contribution < -0.4 is 19.3 Å². The van der Waals surface area contributed by atoms with Gasteiger partial charge >= 0.3 is 0 Å². The van der Waals surface area contributed by atoms with Crippen molar-refractivity contribution < 1.29 is 23.9 Å². The zero-order chi connectivity index (χ0) is 18.4. The summed E-state index contributed by atoms with van der Waals surface area (Å²) in [5.74, 6) is 1.31. The van der Waals surface area contributed by atoms with Crippen molar-refractivity contribution in [2.24, 2.45) is 0 Å². The molecule has 1 aliphatic heterocycles. The number of nitrogens with one attached hydrogen (secondary N) is 1. The number of aliphatic hydroxyl groups is 1. The van der Waals surface area contributed by atoms with E-state index in [1.54, 1.807) is 13.2 Å². The molecule has 2 aromatic rings. The number of rotatable bonds is 7. The van der Waals surface area contributed by atoms with Crippen LogP contribution in [0.3, 0.4) is 0 Å². The van der Waals surface area contributed by atoms with Crippen LogP contribution in [0.25, 0.3) is 0 Å². The highest BCUT2D eigenvalue weighted by Gasteiger charge is 2.24. The average Bonchev–Trinajstić information content (AvgIpc) is 2.68. The van der Waals surface area contributed by atoms with Crippen LogP contribution in [-0.2, 0) is 0 Å². The first-order valence-electron chi connectivity index (χ1n) is 8.93. The standard InChI is InChI=1S/C20H25FN2O3/c1-25-17-6-8-18(9-7-17)26-15-16(24)14-22-10-12-23(13-11-22)20-5-3-2-4-19(20)21/h2-9,16,24H,10-15H2,1H3/p+1. The monoisotopic (exact) mass is 361 g/mol. The van der Waals surface area contributed by atoms with Crippen LogP contribution in [0.4, 0.5) is 10.1 Å². The van der Waals surface area contributed by atoms with Crippen molar-refractivity contribution in [2.45, 2.75) is 6.10 Å². The van der Waals surface area contributed by atoms with Crippen molar-refractivity contribution in [3.63, 3.8) is 0 Å². The number of aliphatic hydroxyl groups excluding tert-OH is 1. The molecule has 2 N–H and O–H groups in total. The average molecular weight is 361 g/mol. The molecule has 1 atom stereocenters. The van der Waals surface area contributed by atoms with Gasteiger partial charge in [0.2, 0.25) is 0 Å². The quantitative estimate of drug-likeness (QED) is 0.772. The number of halogens is 1. The lowest BCUT2D eigenvalue weighted by molar-refractivity contribution is -0.903. The molecule has 1 unspecified atom stereocenters. The maximum Gasteiger partial charge on any atom is 0.146 e. The first-order valence-corrected chi connectivity index (χ1v) is 8.93. The SMILES string of the molecule is COc1ccc(OCC(O)C[NH+]2CCN(c3ccccc3F)CC2)cc1. The minimum absolute atomic E-state index is 0.177. The van der Waals surface area contributed by atoms with Gasteiger partial charge in [-0.2, -0.15) is 0 Å². The van der Waals surface area contributed by atoms with Crippen LogP contribution in [-0.4, -0.2) is 57.7 Å². The molecule has 1 heterocycles. The summed E-state index contributed by atoms with van der Waals surface area (Å²) in [4.78, 5) is 3.38. The number of ether oxygens (including phenoxy) is 2. The molecular formula is C20H26FN2O3+. The van der Waals surface area contributed by atoms with Gasteiger partial charge < -0.3 is 24.4 Å². The molecule has 140 valence electrons. The third-order valence-electron chi connectivity index (χ3n) is 4.69. The van der Waals surface area contributed by atoms with Crippen LogP contribution in [0.1, 0.15) is 0 Å². The van der Waals surface area contributed by atoms with Gasteiger partial charge in [-0.05, 0) is 36.4 Å². The Morgan fingerprint density at radius 3 is 2.38 bits per heavy atom. The molecular weight excluding hydrogens is 335 g/mol. The largest absolute Gasteiger partial charge is 0.497 e. The molecule has 2 aromatic carbocycles. The highest BCUT2D eigenvalue weighted by Crippen LogP contribution is 2.18. The first kappa shape index (κ1) is 18.5. The molecule has 6 heteroatoms. The number of benzene rings is 2. The summed E-state index contributed by atoms with van der Waals surface area (Å²) in [6, 6.07) is 14.2. The fourth-order valence-corrected chi connectivity index (χ4v) is 3.23. The molecule has 26 heavy (non-hydrogen) atoms. The van der Waals surface area contributed by atoms with Gasteiger partial charge in [-0.1, -0.05) is 12.1 Å². The van der Waals surface area contributed by atoms with E-state index < -0.39 is 6.10 Å².